The number of hydrogen-bond acceptors (Lipinski definition) is 3. The van der Waals surface area contributed by atoms with Gasteiger partial charge in [-0.25, -0.2) is 4.39 Å². The largest absolute Gasteiger partial charge is 0.329 e. The van der Waals surface area contributed by atoms with E-state index in [9.17, 15) is 4.39 Å². The number of hydrogen-bond donors (Lipinski definition) is 1. The monoisotopic (exact) mass is 251 g/mol. The van der Waals surface area contributed by atoms with Crippen molar-refractivity contribution in [2.75, 3.05) is 6.54 Å². The van der Waals surface area contributed by atoms with E-state index in [1.54, 1.807) is 24.7 Å². The number of rotatable bonds is 3. The minimum Gasteiger partial charge on any atom is -0.329 e. The van der Waals surface area contributed by atoms with Crippen LogP contribution in [0.3, 0.4) is 0 Å². The lowest BCUT2D eigenvalue weighted by Gasteiger charge is -2.15. The molecule has 2 rings (SSSR count). The van der Waals surface area contributed by atoms with Gasteiger partial charge in [-0.3, -0.25) is 9.97 Å². The zero-order valence-corrected chi connectivity index (χ0v) is 9.73. The van der Waals surface area contributed by atoms with Crippen LogP contribution in [0.5, 0.6) is 0 Å². The summed E-state index contributed by atoms with van der Waals surface area (Å²) in [6, 6.07) is 4.41. The Balaban J connectivity index is 2.46. The van der Waals surface area contributed by atoms with E-state index in [1.165, 1.54) is 12.1 Å². The van der Waals surface area contributed by atoms with Gasteiger partial charge in [0, 0.05) is 36.1 Å². The topological polar surface area (TPSA) is 51.8 Å². The van der Waals surface area contributed by atoms with Crippen molar-refractivity contribution in [1.82, 2.24) is 9.97 Å². The maximum absolute atomic E-state index is 13.7. The minimum atomic E-state index is -0.337. The van der Waals surface area contributed by atoms with E-state index in [0.29, 0.717) is 16.3 Å². The van der Waals surface area contributed by atoms with Gasteiger partial charge in [-0.05, 0) is 23.8 Å². The zero-order chi connectivity index (χ0) is 12.3. The predicted octanol–water partition coefficient (Wildman–Crippen LogP) is 2.36. The van der Waals surface area contributed by atoms with Crippen LogP contribution in [0.25, 0.3) is 0 Å². The van der Waals surface area contributed by atoms with Crippen molar-refractivity contribution in [3.8, 4) is 0 Å². The molecule has 1 heterocycles. The Morgan fingerprint density at radius 1 is 1.35 bits per heavy atom. The molecule has 1 aromatic heterocycles. The van der Waals surface area contributed by atoms with Gasteiger partial charge in [0.2, 0.25) is 0 Å². The first-order chi connectivity index (χ1) is 8.22. The third-order valence-electron chi connectivity index (χ3n) is 2.51. The molecule has 3 nitrogen and oxygen atoms in total. The van der Waals surface area contributed by atoms with Crippen LogP contribution in [-0.2, 0) is 0 Å². The van der Waals surface area contributed by atoms with Gasteiger partial charge >= 0.3 is 0 Å². The molecule has 0 radical (unpaired) electrons. The van der Waals surface area contributed by atoms with E-state index in [-0.39, 0.29) is 18.3 Å². The molecule has 0 aliphatic heterocycles. The fourth-order valence-corrected chi connectivity index (χ4v) is 1.86. The summed E-state index contributed by atoms with van der Waals surface area (Å²) < 4.78 is 13.7. The SMILES string of the molecule is NCC(c1cnccn1)c1cc(Cl)ccc1F. The summed E-state index contributed by atoms with van der Waals surface area (Å²) in [6.45, 7) is 0.246. The molecule has 0 spiro atoms. The fraction of sp³-hybridized carbons (Fsp3) is 0.167. The molecule has 17 heavy (non-hydrogen) atoms. The Morgan fingerprint density at radius 2 is 2.18 bits per heavy atom. The van der Waals surface area contributed by atoms with Gasteiger partial charge in [-0.2, -0.15) is 0 Å². The van der Waals surface area contributed by atoms with Gasteiger partial charge in [0.25, 0.3) is 0 Å². The molecule has 0 fully saturated rings. The fourth-order valence-electron chi connectivity index (χ4n) is 1.68. The minimum absolute atomic E-state index is 0.246. The third kappa shape index (κ3) is 2.60. The lowest BCUT2D eigenvalue weighted by Crippen LogP contribution is -2.16. The highest BCUT2D eigenvalue weighted by molar-refractivity contribution is 6.30. The first-order valence-electron chi connectivity index (χ1n) is 5.13. The summed E-state index contributed by atoms with van der Waals surface area (Å²) in [7, 11) is 0. The summed E-state index contributed by atoms with van der Waals surface area (Å²) in [5.74, 6) is -0.669. The Hall–Kier alpha value is -1.52. The van der Waals surface area contributed by atoms with Crippen LogP contribution in [0.15, 0.2) is 36.8 Å². The van der Waals surface area contributed by atoms with Crippen LogP contribution < -0.4 is 5.73 Å². The number of halogens is 2. The van der Waals surface area contributed by atoms with Crippen molar-refractivity contribution in [1.29, 1.82) is 0 Å². The first-order valence-corrected chi connectivity index (χ1v) is 5.51. The highest BCUT2D eigenvalue weighted by atomic mass is 35.5. The van der Waals surface area contributed by atoms with Crippen molar-refractivity contribution in [2.45, 2.75) is 5.92 Å². The highest BCUT2D eigenvalue weighted by Crippen LogP contribution is 2.26. The van der Waals surface area contributed by atoms with Crippen LogP contribution in [0, 0.1) is 5.82 Å². The third-order valence-corrected chi connectivity index (χ3v) is 2.74. The van der Waals surface area contributed by atoms with Gasteiger partial charge in [-0.1, -0.05) is 11.6 Å². The summed E-state index contributed by atoms with van der Waals surface area (Å²) in [6.07, 6.45) is 4.70. The lowest BCUT2D eigenvalue weighted by atomic mass is 9.95. The van der Waals surface area contributed by atoms with Gasteiger partial charge in [0.05, 0.1) is 5.69 Å². The molecule has 1 atom stereocenters. The van der Waals surface area contributed by atoms with Gasteiger partial charge in [0.15, 0.2) is 0 Å². The van der Waals surface area contributed by atoms with Crippen LogP contribution >= 0.6 is 11.6 Å². The predicted molar refractivity (Wildman–Crippen MR) is 64.3 cm³/mol. The molecule has 5 heteroatoms. The van der Waals surface area contributed by atoms with E-state index in [1.807, 2.05) is 0 Å². The van der Waals surface area contributed by atoms with Gasteiger partial charge in [0.1, 0.15) is 5.82 Å². The molecular formula is C12H11ClFN3. The van der Waals surface area contributed by atoms with Crippen LogP contribution in [0.2, 0.25) is 5.02 Å². The highest BCUT2D eigenvalue weighted by Gasteiger charge is 2.18. The summed E-state index contributed by atoms with van der Waals surface area (Å²) in [5, 5.41) is 0.476. The van der Waals surface area contributed by atoms with E-state index in [0.717, 1.165) is 0 Å². The summed E-state index contributed by atoms with van der Waals surface area (Å²) in [4.78, 5) is 8.10. The number of nitrogens with zero attached hydrogens (tertiary/aromatic N) is 2. The Kier molecular flexibility index (Phi) is 3.66. The molecule has 2 N–H and O–H groups in total. The second kappa shape index (κ2) is 5.21. The second-order valence-electron chi connectivity index (χ2n) is 3.58. The molecular weight excluding hydrogens is 241 g/mol. The smallest absolute Gasteiger partial charge is 0.127 e. The molecule has 0 aliphatic carbocycles. The summed E-state index contributed by atoms with van der Waals surface area (Å²) in [5.41, 5.74) is 6.76. The lowest BCUT2D eigenvalue weighted by molar-refractivity contribution is 0.594. The van der Waals surface area contributed by atoms with Crippen LogP contribution in [0.4, 0.5) is 4.39 Å². The van der Waals surface area contributed by atoms with E-state index >= 15 is 0 Å². The van der Waals surface area contributed by atoms with Gasteiger partial charge in [-0.15, -0.1) is 0 Å². The molecule has 88 valence electrons. The first kappa shape index (κ1) is 12.0. The molecule has 0 saturated heterocycles. The standard InChI is InChI=1S/C12H11ClFN3/c13-8-1-2-11(14)9(5-8)10(6-15)12-7-16-3-4-17-12/h1-5,7,10H,6,15H2. The molecule has 0 amide bonds. The van der Waals surface area contributed by atoms with Crippen molar-refractivity contribution in [2.24, 2.45) is 5.73 Å². The molecule has 0 saturated carbocycles. The van der Waals surface area contributed by atoms with E-state index < -0.39 is 0 Å². The van der Waals surface area contributed by atoms with E-state index in [2.05, 4.69) is 9.97 Å². The number of benzene rings is 1. The summed E-state index contributed by atoms with van der Waals surface area (Å²) >= 11 is 5.86. The number of aromatic nitrogens is 2. The molecule has 2 aromatic rings. The van der Waals surface area contributed by atoms with Crippen LogP contribution in [0.1, 0.15) is 17.2 Å². The molecule has 1 aromatic carbocycles. The second-order valence-corrected chi connectivity index (χ2v) is 4.02. The average Bonchev–Trinajstić information content (AvgIpc) is 2.36. The number of nitrogens with two attached hydrogens (primary N) is 1. The normalized spacial score (nSPS) is 12.4. The van der Waals surface area contributed by atoms with Crippen LogP contribution in [-0.4, -0.2) is 16.5 Å². The van der Waals surface area contributed by atoms with Crippen molar-refractivity contribution >= 4 is 11.6 Å². The Morgan fingerprint density at radius 3 is 2.82 bits per heavy atom. The van der Waals surface area contributed by atoms with Crippen molar-refractivity contribution in [3.63, 3.8) is 0 Å². The van der Waals surface area contributed by atoms with E-state index in [4.69, 9.17) is 17.3 Å². The molecule has 0 aliphatic rings. The quantitative estimate of drug-likeness (QED) is 0.911. The molecule has 0 bridgehead atoms. The Bertz CT molecular complexity index is 504. The Labute approximate surface area is 103 Å². The van der Waals surface area contributed by atoms with Crippen molar-refractivity contribution in [3.05, 3.63) is 58.9 Å². The molecule has 1 unspecified atom stereocenters. The average molecular weight is 252 g/mol. The van der Waals surface area contributed by atoms with Crippen molar-refractivity contribution < 1.29 is 4.39 Å². The van der Waals surface area contributed by atoms with Gasteiger partial charge < -0.3 is 5.73 Å². The zero-order valence-electron chi connectivity index (χ0n) is 8.98. The maximum atomic E-state index is 13.7. The maximum Gasteiger partial charge on any atom is 0.127 e.